The summed E-state index contributed by atoms with van der Waals surface area (Å²) >= 11 is 3.32. The number of aromatic nitrogens is 1. The van der Waals surface area contributed by atoms with E-state index in [1.165, 1.54) is 4.90 Å². The van der Waals surface area contributed by atoms with Crippen molar-refractivity contribution in [3.63, 3.8) is 0 Å². The molecule has 7 nitrogen and oxygen atoms in total. The molecule has 1 N–H and O–H groups in total. The largest absolute Gasteiger partial charge is 0.480 e. The summed E-state index contributed by atoms with van der Waals surface area (Å²) < 4.78 is 6.15. The maximum Gasteiger partial charge on any atom is 0.411 e. The molecule has 2 rings (SSSR count). The van der Waals surface area contributed by atoms with E-state index in [0.717, 1.165) is 4.47 Å². The van der Waals surface area contributed by atoms with Crippen LogP contribution in [0.15, 0.2) is 22.8 Å². The highest BCUT2D eigenvalue weighted by molar-refractivity contribution is 9.10. The highest BCUT2D eigenvalue weighted by Gasteiger charge is 2.37. The minimum atomic E-state index is -1.06. The van der Waals surface area contributed by atoms with Crippen molar-refractivity contribution in [2.75, 3.05) is 24.5 Å². The van der Waals surface area contributed by atoms with E-state index in [0.29, 0.717) is 12.4 Å². The molecule has 1 aromatic heterocycles. The molecule has 8 heteroatoms. The molecule has 0 radical (unpaired) electrons. The van der Waals surface area contributed by atoms with Gasteiger partial charge in [0.1, 0.15) is 17.5 Å². The molecule has 126 valence electrons. The summed E-state index contributed by atoms with van der Waals surface area (Å²) in [5, 5.41) is 9.46. The van der Waals surface area contributed by atoms with Crippen LogP contribution in [0.5, 0.6) is 0 Å². The lowest BCUT2D eigenvalue weighted by Gasteiger charge is -2.40. The average molecular weight is 386 g/mol. The molecule has 23 heavy (non-hydrogen) atoms. The van der Waals surface area contributed by atoms with E-state index in [1.807, 2.05) is 17.0 Å². The number of amides is 1. The summed E-state index contributed by atoms with van der Waals surface area (Å²) in [7, 11) is 0. The van der Waals surface area contributed by atoms with Crippen LogP contribution in [0.25, 0.3) is 0 Å². The fourth-order valence-electron chi connectivity index (χ4n) is 2.30. The van der Waals surface area contributed by atoms with E-state index in [4.69, 9.17) is 4.74 Å². The normalized spacial score (nSPS) is 18.7. The molecule has 0 unspecified atom stereocenters. The summed E-state index contributed by atoms with van der Waals surface area (Å²) in [5.41, 5.74) is -0.662. The molecule has 1 saturated heterocycles. The van der Waals surface area contributed by atoms with Gasteiger partial charge in [-0.3, -0.25) is 4.90 Å². The Hall–Kier alpha value is -1.83. The number of carboxylic acid groups (broad SMARTS) is 1. The minimum Gasteiger partial charge on any atom is -0.480 e. The van der Waals surface area contributed by atoms with Crippen LogP contribution in [-0.2, 0) is 9.53 Å². The molecule has 1 amide bonds. The molecule has 0 aliphatic carbocycles. The minimum absolute atomic E-state index is 0.170. The van der Waals surface area contributed by atoms with Crippen LogP contribution in [-0.4, -0.2) is 58.3 Å². The SMILES string of the molecule is CC(C)(C)OC(=O)N1CCN(c2ccc(Br)cn2)C[C@H]1C(=O)O. The maximum atomic E-state index is 12.2. The van der Waals surface area contributed by atoms with Gasteiger partial charge in [-0.05, 0) is 48.8 Å². The van der Waals surface area contributed by atoms with Crippen molar-refractivity contribution >= 4 is 33.8 Å². The third kappa shape index (κ3) is 4.57. The molecular formula is C15H20BrN3O4. The zero-order valence-corrected chi connectivity index (χ0v) is 14.9. The van der Waals surface area contributed by atoms with Gasteiger partial charge in [0.15, 0.2) is 0 Å². The van der Waals surface area contributed by atoms with E-state index < -0.39 is 23.7 Å². The first-order chi connectivity index (χ1) is 10.7. The number of hydrogen-bond acceptors (Lipinski definition) is 5. The third-order valence-electron chi connectivity index (χ3n) is 3.33. The lowest BCUT2D eigenvalue weighted by molar-refractivity contribution is -0.143. The molecule has 1 aliphatic rings. The molecule has 0 saturated carbocycles. The van der Waals surface area contributed by atoms with Gasteiger partial charge in [0.25, 0.3) is 0 Å². The number of piperazine rings is 1. The van der Waals surface area contributed by atoms with Gasteiger partial charge in [0.05, 0.1) is 6.54 Å². The number of aliphatic carboxylic acids is 1. The fraction of sp³-hybridized carbons (Fsp3) is 0.533. The smallest absolute Gasteiger partial charge is 0.411 e. The third-order valence-corrected chi connectivity index (χ3v) is 3.80. The van der Waals surface area contributed by atoms with Gasteiger partial charge in [0, 0.05) is 23.8 Å². The Balaban J connectivity index is 2.13. The Bertz CT molecular complexity index is 585. The first-order valence-electron chi connectivity index (χ1n) is 7.26. The Morgan fingerprint density at radius 1 is 1.35 bits per heavy atom. The van der Waals surface area contributed by atoms with Crippen molar-refractivity contribution in [2.45, 2.75) is 32.4 Å². The Kier molecular flexibility index (Phi) is 5.13. The van der Waals surface area contributed by atoms with Gasteiger partial charge >= 0.3 is 12.1 Å². The van der Waals surface area contributed by atoms with Gasteiger partial charge in [-0.25, -0.2) is 14.6 Å². The van der Waals surface area contributed by atoms with E-state index in [-0.39, 0.29) is 13.1 Å². The number of pyridine rings is 1. The van der Waals surface area contributed by atoms with Crippen LogP contribution in [0.4, 0.5) is 10.6 Å². The van der Waals surface area contributed by atoms with Gasteiger partial charge in [0.2, 0.25) is 0 Å². The lowest BCUT2D eigenvalue weighted by Crippen LogP contribution is -2.59. The van der Waals surface area contributed by atoms with E-state index in [2.05, 4.69) is 20.9 Å². The summed E-state index contributed by atoms with van der Waals surface area (Å²) in [5.74, 6) is -0.374. The first kappa shape index (κ1) is 17.5. The topological polar surface area (TPSA) is 83.0 Å². The predicted octanol–water partition coefficient (Wildman–Crippen LogP) is 2.35. The van der Waals surface area contributed by atoms with Crippen LogP contribution in [0.2, 0.25) is 0 Å². The number of carboxylic acids is 1. The van der Waals surface area contributed by atoms with E-state index in [9.17, 15) is 14.7 Å². The Morgan fingerprint density at radius 3 is 2.57 bits per heavy atom. The van der Waals surface area contributed by atoms with Crippen molar-refractivity contribution in [3.05, 3.63) is 22.8 Å². The molecular weight excluding hydrogens is 366 g/mol. The molecule has 1 atom stereocenters. The lowest BCUT2D eigenvalue weighted by atomic mass is 10.1. The Labute approximate surface area is 143 Å². The second-order valence-corrected chi connectivity index (χ2v) is 7.22. The zero-order valence-electron chi connectivity index (χ0n) is 13.3. The average Bonchev–Trinajstić information content (AvgIpc) is 2.45. The number of nitrogens with zero attached hydrogens (tertiary/aromatic N) is 3. The number of carbonyl (C=O) groups is 2. The van der Waals surface area contributed by atoms with Crippen LogP contribution in [0.3, 0.4) is 0 Å². The molecule has 1 fully saturated rings. The van der Waals surface area contributed by atoms with E-state index >= 15 is 0 Å². The van der Waals surface area contributed by atoms with Crippen LogP contribution < -0.4 is 4.90 Å². The van der Waals surface area contributed by atoms with Gasteiger partial charge in [-0.15, -0.1) is 0 Å². The summed E-state index contributed by atoms with van der Waals surface area (Å²) in [6.45, 7) is 6.19. The molecule has 1 aromatic rings. The molecule has 0 bridgehead atoms. The van der Waals surface area contributed by atoms with Gasteiger partial charge < -0.3 is 14.7 Å². The van der Waals surface area contributed by atoms with E-state index in [1.54, 1.807) is 27.0 Å². The number of carbonyl (C=O) groups excluding carboxylic acids is 1. The standard InChI is InChI=1S/C15H20BrN3O4/c1-15(2,3)23-14(22)19-7-6-18(9-11(19)13(20)21)12-5-4-10(16)8-17-12/h4-5,8,11H,6-7,9H2,1-3H3,(H,20,21)/t11-/m0/s1. The molecule has 0 aromatic carbocycles. The number of halogens is 1. The van der Waals surface area contributed by atoms with Gasteiger partial charge in [-0.1, -0.05) is 0 Å². The van der Waals surface area contributed by atoms with Crippen LogP contribution >= 0.6 is 15.9 Å². The number of rotatable bonds is 2. The van der Waals surface area contributed by atoms with Gasteiger partial charge in [-0.2, -0.15) is 0 Å². The summed E-state index contributed by atoms with van der Waals surface area (Å²) in [4.78, 5) is 31.2. The summed E-state index contributed by atoms with van der Waals surface area (Å²) in [6, 6.07) is 2.69. The second-order valence-electron chi connectivity index (χ2n) is 6.31. The van der Waals surface area contributed by atoms with Crippen molar-refractivity contribution in [1.29, 1.82) is 0 Å². The van der Waals surface area contributed by atoms with Crippen molar-refractivity contribution in [1.82, 2.24) is 9.88 Å². The number of hydrogen-bond donors (Lipinski definition) is 1. The van der Waals surface area contributed by atoms with Crippen molar-refractivity contribution in [2.24, 2.45) is 0 Å². The predicted molar refractivity (Wildman–Crippen MR) is 88.5 cm³/mol. The number of anilines is 1. The first-order valence-corrected chi connectivity index (χ1v) is 8.05. The molecule has 0 spiro atoms. The quantitative estimate of drug-likeness (QED) is 0.840. The Morgan fingerprint density at radius 2 is 2.04 bits per heavy atom. The van der Waals surface area contributed by atoms with Crippen molar-refractivity contribution < 1.29 is 19.4 Å². The maximum absolute atomic E-state index is 12.2. The monoisotopic (exact) mass is 385 g/mol. The molecule has 1 aliphatic heterocycles. The highest BCUT2D eigenvalue weighted by atomic mass is 79.9. The fourth-order valence-corrected chi connectivity index (χ4v) is 2.53. The zero-order chi connectivity index (χ0) is 17.2. The van der Waals surface area contributed by atoms with Crippen molar-refractivity contribution in [3.8, 4) is 0 Å². The van der Waals surface area contributed by atoms with Crippen LogP contribution in [0, 0.1) is 0 Å². The molecule has 2 heterocycles. The highest BCUT2D eigenvalue weighted by Crippen LogP contribution is 2.21. The van der Waals surface area contributed by atoms with Crippen LogP contribution in [0.1, 0.15) is 20.8 Å². The summed E-state index contributed by atoms with van der Waals surface area (Å²) in [6.07, 6.45) is 1.05. The second kappa shape index (κ2) is 6.74. The number of ether oxygens (including phenoxy) is 1.